The van der Waals surface area contributed by atoms with Crippen molar-refractivity contribution in [3.63, 3.8) is 0 Å². The first kappa shape index (κ1) is 19.4. The Hall–Kier alpha value is -1.33. The Kier molecular flexibility index (Phi) is 5.23. The molecule has 26 heavy (non-hydrogen) atoms. The summed E-state index contributed by atoms with van der Waals surface area (Å²) in [5, 5.41) is 6.10. The summed E-state index contributed by atoms with van der Waals surface area (Å²) in [6.45, 7) is 16.9. The molecule has 1 aromatic heterocycles. The smallest absolute Gasteiger partial charge is 0.191 e. The second kappa shape index (κ2) is 7.00. The Balaban J connectivity index is 1.59. The minimum atomic E-state index is -1.63. The first-order valence-electron chi connectivity index (χ1n) is 9.91. The lowest BCUT2D eigenvalue weighted by molar-refractivity contribution is 0.205. The lowest BCUT2D eigenvalue weighted by atomic mass is 9.97. The minimum Gasteiger partial charge on any atom is -0.417 e. The number of anilines is 1. The average Bonchev–Trinajstić information content (AvgIpc) is 2.86. The van der Waals surface area contributed by atoms with E-state index in [0.29, 0.717) is 11.0 Å². The van der Waals surface area contributed by atoms with E-state index >= 15 is 0 Å². The van der Waals surface area contributed by atoms with Crippen LogP contribution in [0.1, 0.15) is 39.3 Å². The van der Waals surface area contributed by atoms with Crippen LogP contribution < -0.4 is 4.90 Å². The number of hydrogen-bond acceptors (Lipinski definition) is 3. The van der Waals surface area contributed by atoms with Gasteiger partial charge in [0.2, 0.25) is 0 Å². The van der Waals surface area contributed by atoms with Crippen molar-refractivity contribution in [1.29, 1.82) is 0 Å². The van der Waals surface area contributed by atoms with Crippen LogP contribution in [0.3, 0.4) is 0 Å². The van der Waals surface area contributed by atoms with E-state index in [9.17, 15) is 0 Å². The predicted octanol–water partition coefficient (Wildman–Crippen LogP) is 5.12. The van der Waals surface area contributed by atoms with Gasteiger partial charge in [0.15, 0.2) is 8.32 Å². The Bertz CT molecular complexity index is 767. The summed E-state index contributed by atoms with van der Waals surface area (Å²) in [5.74, 6) is 0.697. The van der Waals surface area contributed by atoms with Crippen LogP contribution in [0.2, 0.25) is 18.1 Å². The van der Waals surface area contributed by atoms with E-state index in [4.69, 9.17) is 4.43 Å². The lowest BCUT2D eigenvalue weighted by Gasteiger charge is -2.39. The third-order valence-corrected chi connectivity index (χ3v) is 11.0. The van der Waals surface area contributed by atoms with E-state index in [2.05, 4.69) is 69.0 Å². The van der Waals surface area contributed by atoms with Crippen LogP contribution in [-0.2, 0) is 11.5 Å². The molecule has 0 spiro atoms. The highest BCUT2D eigenvalue weighted by Gasteiger charge is 2.37. The van der Waals surface area contributed by atoms with E-state index in [1.807, 2.05) is 11.7 Å². The van der Waals surface area contributed by atoms with Crippen LogP contribution >= 0.6 is 0 Å². The molecule has 5 heteroatoms. The van der Waals surface area contributed by atoms with Crippen LogP contribution in [0, 0.1) is 12.8 Å². The Morgan fingerprint density at radius 3 is 2.46 bits per heavy atom. The molecule has 3 rings (SSSR count). The maximum atomic E-state index is 6.46. The zero-order valence-electron chi connectivity index (χ0n) is 17.6. The summed E-state index contributed by atoms with van der Waals surface area (Å²) in [6, 6.07) is 6.77. The molecule has 0 bridgehead atoms. The largest absolute Gasteiger partial charge is 0.417 e. The SMILES string of the molecule is Cc1nn(C)c2cc(N3CCC(CO[Si](C)(C)C(C)(C)C)CC3)ccc12. The summed E-state index contributed by atoms with van der Waals surface area (Å²) in [6.07, 6.45) is 2.44. The number of benzene rings is 1. The number of nitrogens with zero attached hydrogens (tertiary/aromatic N) is 3. The lowest BCUT2D eigenvalue weighted by Crippen LogP contribution is -2.43. The fourth-order valence-electron chi connectivity index (χ4n) is 3.52. The van der Waals surface area contributed by atoms with Crippen LogP contribution in [0.15, 0.2) is 18.2 Å². The van der Waals surface area contributed by atoms with Crippen molar-refractivity contribution in [3.05, 3.63) is 23.9 Å². The molecule has 0 radical (unpaired) electrons. The Labute approximate surface area is 159 Å². The molecule has 0 unspecified atom stereocenters. The van der Waals surface area contributed by atoms with E-state index in [0.717, 1.165) is 25.4 Å². The van der Waals surface area contributed by atoms with E-state index in [1.54, 1.807) is 0 Å². The third kappa shape index (κ3) is 3.84. The van der Waals surface area contributed by atoms with E-state index < -0.39 is 8.32 Å². The van der Waals surface area contributed by atoms with Crippen LogP contribution in [0.4, 0.5) is 5.69 Å². The van der Waals surface area contributed by atoms with Crippen molar-refractivity contribution in [1.82, 2.24) is 9.78 Å². The molecule has 0 amide bonds. The van der Waals surface area contributed by atoms with E-state index in [-0.39, 0.29) is 0 Å². The highest BCUT2D eigenvalue weighted by atomic mass is 28.4. The van der Waals surface area contributed by atoms with Crippen molar-refractivity contribution in [2.45, 2.75) is 58.7 Å². The van der Waals surface area contributed by atoms with Gasteiger partial charge in [0.1, 0.15) is 0 Å². The maximum Gasteiger partial charge on any atom is 0.191 e. The molecule has 2 heterocycles. The van der Waals surface area contributed by atoms with Crippen LogP contribution in [0.25, 0.3) is 10.9 Å². The minimum absolute atomic E-state index is 0.296. The molecule has 0 atom stereocenters. The summed E-state index contributed by atoms with van der Waals surface area (Å²) in [4.78, 5) is 2.52. The average molecular weight is 374 g/mol. The molecule has 1 aliphatic heterocycles. The van der Waals surface area contributed by atoms with Gasteiger partial charge in [-0.2, -0.15) is 5.10 Å². The Morgan fingerprint density at radius 1 is 1.19 bits per heavy atom. The molecule has 1 saturated heterocycles. The quantitative estimate of drug-likeness (QED) is 0.697. The number of piperidine rings is 1. The van der Waals surface area contributed by atoms with Crippen molar-refractivity contribution in [2.24, 2.45) is 13.0 Å². The molecular formula is C21H35N3OSi. The van der Waals surface area contributed by atoms with Gasteiger partial charge in [-0.25, -0.2) is 0 Å². The first-order valence-corrected chi connectivity index (χ1v) is 12.8. The molecule has 144 valence electrons. The van der Waals surface area contributed by atoms with Gasteiger partial charge in [-0.1, -0.05) is 20.8 Å². The molecule has 0 aliphatic carbocycles. The van der Waals surface area contributed by atoms with Gasteiger partial charge in [0, 0.05) is 37.8 Å². The molecule has 1 aliphatic rings. The number of hydrogen-bond donors (Lipinski definition) is 0. The van der Waals surface area contributed by atoms with Gasteiger partial charge in [-0.15, -0.1) is 0 Å². The number of rotatable bonds is 4. The fraction of sp³-hybridized carbons (Fsp3) is 0.667. The normalized spacial score (nSPS) is 17.3. The summed E-state index contributed by atoms with van der Waals surface area (Å²) < 4.78 is 8.45. The van der Waals surface area contributed by atoms with Crippen LogP contribution in [0.5, 0.6) is 0 Å². The van der Waals surface area contributed by atoms with Crippen molar-refractivity contribution < 1.29 is 4.43 Å². The Morgan fingerprint density at radius 2 is 1.85 bits per heavy atom. The first-order chi connectivity index (χ1) is 12.1. The number of aromatic nitrogens is 2. The van der Waals surface area contributed by atoms with Gasteiger partial charge < -0.3 is 9.33 Å². The topological polar surface area (TPSA) is 30.3 Å². The van der Waals surface area contributed by atoms with Crippen molar-refractivity contribution in [3.8, 4) is 0 Å². The fourth-order valence-corrected chi connectivity index (χ4v) is 4.61. The molecular weight excluding hydrogens is 338 g/mol. The monoisotopic (exact) mass is 373 g/mol. The van der Waals surface area contributed by atoms with Gasteiger partial charge in [-0.3, -0.25) is 4.68 Å². The summed E-state index contributed by atoms with van der Waals surface area (Å²) in [7, 11) is 0.404. The van der Waals surface area contributed by atoms with Gasteiger partial charge in [-0.05, 0) is 62.0 Å². The summed E-state index contributed by atoms with van der Waals surface area (Å²) >= 11 is 0. The molecule has 2 aromatic rings. The highest BCUT2D eigenvalue weighted by molar-refractivity contribution is 6.74. The van der Waals surface area contributed by atoms with Gasteiger partial charge >= 0.3 is 0 Å². The van der Waals surface area contributed by atoms with Gasteiger partial charge in [0.25, 0.3) is 0 Å². The van der Waals surface area contributed by atoms with E-state index in [1.165, 1.54) is 29.4 Å². The standard InChI is InChI=1S/C21H35N3OSi/c1-16-19-9-8-18(14-20(19)23(5)22-16)24-12-10-17(11-13-24)15-25-26(6,7)21(2,3)4/h8-9,14,17H,10-13,15H2,1-7H3. The molecule has 0 saturated carbocycles. The molecule has 4 nitrogen and oxygen atoms in total. The number of aryl methyl sites for hydroxylation is 2. The molecule has 0 N–H and O–H groups in total. The second-order valence-electron chi connectivity index (χ2n) is 9.41. The summed E-state index contributed by atoms with van der Waals surface area (Å²) in [5.41, 5.74) is 3.66. The van der Waals surface area contributed by atoms with Crippen molar-refractivity contribution >= 4 is 24.9 Å². The van der Waals surface area contributed by atoms with Crippen molar-refractivity contribution in [2.75, 3.05) is 24.6 Å². The third-order valence-electron chi connectivity index (χ3n) is 6.49. The van der Waals surface area contributed by atoms with Gasteiger partial charge in [0.05, 0.1) is 11.2 Å². The zero-order chi connectivity index (χ0) is 19.1. The maximum absolute atomic E-state index is 6.46. The second-order valence-corrected chi connectivity index (χ2v) is 14.2. The highest BCUT2D eigenvalue weighted by Crippen LogP contribution is 2.37. The predicted molar refractivity (Wildman–Crippen MR) is 114 cm³/mol. The van der Waals surface area contributed by atoms with Crippen LogP contribution in [-0.4, -0.2) is 37.8 Å². The zero-order valence-corrected chi connectivity index (χ0v) is 18.6. The number of fused-ring (bicyclic) bond motifs is 1. The molecule has 1 aromatic carbocycles. The molecule has 1 fully saturated rings.